The van der Waals surface area contributed by atoms with E-state index < -0.39 is 0 Å². The molecule has 0 atom stereocenters. The molecule has 0 aliphatic rings. The molecule has 0 bridgehead atoms. The van der Waals surface area contributed by atoms with Crippen LogP contribution in [-0.4, -0.2) is 7.05 Å². The Kier molecular flexibility index (Phi) is 26.7. The van der Waals surface area contributed by atoms with Crippen molar-refractivity contribution < 1.29 is 0 Å². The number of hydrogen-bond donors (Lipinski definition) is 6. The molecule has 8 N–H and O–H groups in total. The summed E-state index contributed by atoms with van der Waals surface area (Å²) in [6, 6.07) is 53.8. The van der Waals surface area contributed by atoms with Gasteiger partial charge in [0.15, 0.2) is 0 Å². The molecule has 0 aromatic heterocycles. The largest absolute Gasteiger partial charge is 0.399 e. The van der Waals surface area contributed by atoms with Gasteiger partial charge >= 0.3 is 0 Å². The summed E-state index contributed by atoms with van der Waals surface area (Å²) in [4.78, 5) is 0. The number of anilines is 9. The maximum atomic E-state index is 5.59. The minimum atomic E-state index is 0.781. The predicted octanol–water partition coefficient (Wildman–Crippen LogP) is 13.6. The van der Waals surface area contributed by atoms with Gasteiger partial charge in [0.1, 0.15) is 0 Å². The maximum Gasteiger partial charge on any atom is 0.0385 e. The van der Waals surface area contributed by atoms with E-state index in [2.05, 4.69) is 33.4 Å². The quantitative estimate of drug-likeness (QED) is 0.0935. The summed E-state index contributed by atoms with van der Waals surface area (Å²) in [5, 5.41) is 13.0. The van der Waals surface area contributed by atoms with E-state index in [4.69, 9.17) is 11.5 Å². The van der Waals surface area contributed by atoms with Gasteiger partial charge in [0, 0.05) is 58.2 Å². The Morgan fingerprint density at radius 3 is 0.706 bits per heavy atom. The fourth-order valence-corrected chi connectivity index (χ4v) is 3.92. The number of benzene rings is 6. The van der Waals surface area contributed by atoms with Gasteiger partial charge in [-0.1, -0.05) is 110 Å². The molecule has 0 aliphatic carbocycles. The van der Waals surface area contributed by atoms with Crippen molar-refractivity contribution in [2.45, 2.75) is 55.4 Å². The fraction of sp³-hybridized carbons (Fsp3) is 0.200. The molecule has 0 saturated heterocycles. The van der Waals surface area contributed by atoms with Crippen molar-refractivity contribution in [2.24, 2.45) is 0 Å². The van der Waals surface area contributed by atoms with Crippen LogP contribution in [0.3, 0.4) is 0 Å². The third-order valence-corrected chi connectivity index (χ3v) is 6.18. The lowest BCUT2D eigenvalue weighted by molar-refractivity contribution is 1.49. The number of nitrogen functional groups attached to an aromatic ring is 2. The minimum Gasteiger partial charge on any atom is -0.399 e. The van der Waals surface area contributed by atoms with E-state index in [0.717, 1.165) is 51.2 Å². The first kappa shape index (κ1) is 45.1. The van der Waals surface area contributed by atoms with E-state index in [1.54, 1.807) is 0 Å². The molecule has 6 rings (SSSR count). The number of para-hydroxylation sites is 3. The van der Waals surface area contributed by atoms with Gasteiger partial charge in [-0.25, -0.2) is 0 Å². The molecule has 6 heteroatoms. The molecule has 0 amide bonds. The van der Waals surface area contributed by atoms with Crippen LogP contribution in [0, 0.1) is 0 Å². The number of hydrogen-bond acceptors (Lipinski definition) is 6. The van der Waals surface area contributed by atoms with Crippen molar-refractivity contribution in [2.75, 3.05) is 39.8 Å². The summed E-state index contributed by atoms with van der Waals surface area (Å²) in [5.74, 6) is 0. The molecule has 6 aromatic rings. The highest BCUT2D eigenvalue weighted by molar-refractivity contribution is 5.63. The second kappa shape index (κ2) is 30.2. The van der Waals surface area contributed by atoms with E-state index >= 15 is 0 Å². The zero-order valence-electron chi connectivity index (χ0n) is 32.2. The zero-order valence-corrected chi connectivity index (χ0v) is 32.2. The van der Waals surface area contributed by atoms with Gasteiger partial charge in [-0.15, -0.1) is 0 Å². The van der Waals surface area contributed by atoms with Crippen LogP contribution in [0.15, 0.2) is 164 Å². The third kappa shape index (κ3) is 20.3. The van der Waals surface area contributed by atoms with Crippen LogP contribution < -0.4 is 32.7 Å². The van der Waals surface area contributed by atoms with Crippen LogP contribution in [0.2, 0.25) is 0 Å². The van der Waals surface area contributed by atoms with E-state index in [0.29, 0.717) is 0 Å². The van der Waals surface area contributed by atoms with Crippen molar-refractivity contribution in [3.05, 3.63) is 164 Å². The minimum absolute atomic E-state index is 0.781. The normalized spacial score (nSPS) is 8.65. The molecule has 6 nitrogen and oxygen atoms in total. The molecule has 6 aromatic carbocycles. The Bertz CT molecular complexity index is 1510. The van der Waals surface area contributed by atoms with E-state index in [9.17, 15) is 0 Å². The van der Waals surface area contributed by atoms with Crippen molar-refractivity contribution >= 4 is 51.2 Å². The first-order chi connectivity index (χ1) is 25.1. The lowest BCUT2D eigenvalue weighted by Gasteiger charge is -2.06. The zero-order chi connectivity index (χ0) is 38.1. The highest BCUT2D eigenvalue weighted by atomic mass is 14.9. The molecule has 0 spiro atoms. The summed E-state index contributed by atoms with van der Waals surface area (Å²) >= 11 is 0. The topological polar surface area (TPSA) is 100 Å². The Hall–Kier alpha value is -5.88. The van der Waals surface area contributed by atoms with Crippen molar-refractivity contribution in [1.29, 1.82) is 0 Å². The highest BCUT2D eigenvalue weighted by Gasteiger charge is 1.95. The molecular weight excluding hydrogens is 625 g/mol. The van der Waals surface area contributed by atoms with Gasteiger partial charge in [-0.3, -0.25) is 0 Å². The second-order valence-electron chi connectivity index (χ2n) is 9.54. The van der Waals surface area contributed by atoms with Crippen LogP contribution in [-0.2, 0) is 0 Å². The monoisotopic (exact) mass is 687 g/mol. The van der Waals surface area contributed by atoms with Gasteiger partial charge in [0.05, 0.1) is 0 Å². The maximum absolute atomic E-state index is 5.59. The second-order valence-corrected chi connectivity index (χ2v) is 9.54. The number of rotatable bonds is 7. The molecule has 0 radical (unpaired) electrons. The van der Waals surface area contributed by atoms with Crippen molar-refractivity contribution in [3.63, 3.8) is 0 Å². The predicted molar refractivity (Wildman–Crippen MR) is 232 cm³/mol. The van der Waals surface area contributed by atoms with Gasteiger partial charge in [-0.05, 0) is 109 Å². The molecule has 0 aliphatic heterocycles. The SMILES string of the molecule is CC.CC.CC.CC.CNc1ccc(Nc2ccccc2)cc1.Nc1ccc(Nc2ccccc2)cc1.Nc1ccc(Nc2ccccc2)cc1. The van der Waals surface area contributed by atoms with Crippen LogP contribution in [0.1, 0.15) is 55.4 Å². The molecule has 51 heavy (non-hydrogen) atoms. The van der Waals surface area contributed by atoms with Crippen LogP contribution in [0.25, 0.3) is 0 Å². The lowest BCUT2D eigenvalue weighted by atomic mass is 10.2. The average molecular weight is 687 g/mol. The van der Waals surface area contributed by atoms with Crippen molar-refractivity contribution in [1.82, 2.24) is 0 Å². The Balaban J connectivity index is 0.000000668. The van der Waals surface area contributed by atoms with Crippen LogP contribution in [0.5, 0.6) is 0 Å². The molecular formula is C45H62N6. The van der Waals surface area contributed by atoms with E-state index in [1.165, 1.54) is 0 Å². The molecule has 0 heterocycles. The lowest BCUT2D eigenvalue weighted by Crippen LogP contribution is -1.91. The summed E-state index contributed by atoms with van der Waals surface area (Å²) in [7, 11) is 1.92. The fourth-order valence-electron chi connectivity index (χ4n) is 3.92. The van der Waals surface area contributed by atoms with Crippen LogP contribution >= 0.6 is 0 Å². The van der Waals surface area contributed by atoms with Gasteiger partial charge in [0.25, 0.3) is 0 Å². The summed E-state index contributed by atoms with van der Waals surface area (Å²) in [6.45, 7) is 16.0. The Labute approximate surface area is 309 Å². The van der Waals surface area contributed by atoms with Crippen LogP contribution in [0.4, 0.5) is 51.2 Å². The number of nitrogens with two attached hydrogens (primary N) is 2. The molecule has 272 valence electrons. The Morgan fingerprint density at radius 1 is 0.275 bits per heavy atom. The van der Waals surface area contributed by atoms with Crippen molar-refractivity contribution in [3.8, 4) is 0 Å². The highest BCUT2D eigenvalue weighted by Crippen LogP contribution is 2.19. The van der Waals surface area contributed by atoms with Gasteiger partial charge in [0.2, 0.25) is 0 Å². The summed E-state index contributed by atoms with van der Waals surface area (Å²) in [5.41, 5.74) is 20.3. The van der Waals surface area contributed by atoms with Gasteiger partial charge in [-0.2, -0.15) is 0 Å². The standard InChI is InChI=1S/C13H14N2.2C12H12N2.4C2H6/c1-14-11-7-9-13(10-8-11)15-12-5-3-2-4-6-12;2*13-10-6-8-12(9-7-10)14-11-4-2-1-3-5-11;4*1-2/h2-10,14-15H,1H3;2*1-9,14H,13H2;4*1-2H3. The molecule has 0 unspecified atom stereocenters. The third-order valence-electron chi connectivity index (χ3n) is 6.18. The summed E-state index contributed by atoms with van der Waals surface area (Å²) < 4.78 is 0. The van der Waals surface area contributed by atoms with E-state index in [-0.39, 0.29) is 0 Å². The first-order valence-electron chi connectivity index (χ1n) is 18.0. The van der Waals surface area contributed by atoms with Gasteiger partial charge < -0.3 is 32.7 Å². The molecule has 0 saturated carbocycles. The van der Waals surface area contributed by atoms with E-state index in [1.807, 2.05) is 214 Å². The smallest absolute Gasteiger partial charge is 0.0385 e. The number of nitrogens with one attached hydrogen (secondary N) is 4. The Morgan fingerprint density at radius 2 is 0.471 bits per heavy atom. The average Bonchev–Trinajstić information content (AvgIpc) is 3.22. The summed E-state index contributed by atoms with van der Waals surface area (Å²) in [6.07, 6.45) is 0. The first-order valence-corrected chi connectivity index (χ1v) is 18.0. The molecule has 0 fully saturated rings.